The van der Waals surface area contributed by atoms with E-state index >= 15 is 0 Å². The summed E-state index contributed by atoms with van der Waals surface area (Å²) in [6, 6.07) is 0. The number of aliphatic hydroxyl groups excluding tert-OH is 1. The van der Waals surface area contributed by atoms with Crippen molar-refractivity contribution in [3.8, 4) is 0 Å². The molecule has 0 bridgehead atoms. The van der Waals surface area contributed by atoms with Crippen molar-refractivity contribution in [2.24, 2.45) is 0 Å². The van der Waals surface area contributed by atoms with Gasteiger partial charge in [0, 0.05) is 31.1 Å². The second-order valence-corrected chi connectivity index (χ2v) is 4.13. The molecule has 6 heteroatoms. The summed E-state index contributed by atoms with van der Waals surface area (Å²) in [5.74, 6) is 0.923. The summed E-state index contributed by atoms with van der Waals surface area (Å²) in [4.78, 5) is 4.35. The SMILES string of the molecule is CCCc1nsc(NCCCOCCO)n1. The van der Waals surface area contributed by atoms with Crippen molar-refractivity contribution in [3.63, 3.8) is 0 Å². The molecule has 92 valence electrons. The van der Waals surface area contributed by atoms with E-state index < -0.39 is 0 Å². The van der Waals surface area contributed by atoms with E-state index in [0.717, 1.165) is 36.8 Å². The second-order valence-electron chi connectivity index (χ2n) is 3.38. The minimum atomic E-state index is 0.0875. The van der Waals surface area contributed by atoms with Crippen LogP contribution in [0.2, 0.25) is 0 Å². The van der Waals surface area contributed by atoms with Gasteiger partial charge in [0.15, 0.2) is 0 Å². The number of aryl methyl sites for hydroxylation is 1. The van der Waals surface area contributed by atoms with Gasteiger partial charge in [0.05, 0.1) is 13.2 Å². The highest BCUT2D eigenvalue weighted by molar-refractivity contribution is 7.09. The number of rotatable bonds is 9. The molecule has 0 unspecified atom stereocenters. The van der Waals surface area contributed by atoms with Crippen LogP contribution in [-0.2, 0) is 11.2 Å². The molecular formula is C10H19N3O2S. The highest BCUT2D eigenvalue weighted by Crippen LogP contribution is 2.11. The highest BCUT2D eigenvalue weighted by atomic mass is 32.1. The number of nitrogens with one attached hydrogen (secondary N) is 1. The molecule has 0 atom stereocenters. The number of anilines is 1. The van der Waals surface area contributed by atoms with Crippen molar-refractivity contribution >= 4 is 16.7 Å². The van der Waals surface area contributed by atoms with Gasteiger partial charge in [-0.15, -0.1) is 0 Å². The first-order chi connectivity index (χ1) is 7.86. The molecule has 0 fully saturated rings. The summed E-state index contributed by atoms with van der Waals surface area (Å²) < 4.78 is 9.38. The summed E-state index contributed by atoms with van der Waals surface area (Å²) in [6.07, 6.45) is 2.92. The molecule has 0 amide bonds. The molecule has 1 aromatic rings. The van der Waals surface area contributed by atoms with E-state index in [1.807, 2.05) is 0 Å². The molecular weight excluding hydrogens is 226 g/mol. The fraction of sp³-hybridized carbons (Fsp3) is 0.800. The van der Waals surface area contributed by atoms with Crippen LogP contribution < -0.4 is 5.32 Å². The third-order valence-corrected chi connectivity index (χ3v) is 2.63. The minimum Gasteiger partial charge on any atom is -0.394 e. The predicted molar refractivity (Wildman–Crippen MR) is 64.9 cm³/mol. The minimum absolute atomic E-state index is 0.0875. The molecule has 0 aliphatic heterocycles. The predicted octanol–water partition coefficient (Wildman–Crippen LogP) is 1.30. The van der Waals surface area contributed by atoms with E-state index in [1.165, 1.54) is 11.5 Å². The first-order valence-corrected chi connectivity index (χ1v) is 6.39. The Balaban J connectivity index is 2.07. The van der Waals surface area contributed by atoms with E-state index in [0.29, 0.717) is 13.2 Å². The Morgan fingerprint density at radius 1 is 1.44 bits per heavy atom. The van der Waals surface area contributed by atoms with Gasteiger partial charge in [-0.25, -0.2) is 4.98 Å². The molecule has 0 aromatic carbocycles. The van der Waals surface area contributed by atoms with E-state index in [9.17, 15) is 0 Å². The topological polar surface area (TPSA) is 67.3 Å². The first-order valence-electron chi connectivity index (χ1n) is 5.62. The Kier molecular flexibility index (Phi) is 7.03. The van der Waals surface area contributed by atoms with Gasteiger partial charge in [0.2, 0.25) is 5.13 Å². The average Bonchev–Trinajstić information content (AvgIpc) is 2.72. The van der Waals surface area contributed by atoms with Gasteiger partial charge in [0.25, 0.3) is 0 Å². The van der Waals surface area contributed by atoms with Crippen LogP contribution in [0.1, 0.15) is 25.6 Å². The number of hydrogen-bond acceptors (Lipinski definition) is 6. The molecule has 0 aliphatic rings. The average molecular weight is 245 g/mol. The van der Waals surface area contributed by atoms with Crippen LogP contribution in [0.4, 0.5) is 5.13 Å². The maximum atomic E-state index is 8.50. The van der Waals surface area contributed by atoms with E-state index in [4.69, 9.17) is 9.84 Å². The van der Waals surface area contributed by atoms with Crippen LogP contribution >= 0.6 is 11.5 Å². The van der Waals surface area contributed by atoms with Crippen LogP contribution in [0.25, 0.3) is 0 Å². The Morgan fingerprint density at radius 3 is 3.06 bits per heavy atom. The Hall–Kier alpha value is -0.720. The molecule has 1 rings (SSSR count). The van der Waals surface area contributed by atoms with E-state index in [2.05, 4.69) is 21.6 Å². The summed E-state index contributed by atoms with van der Waals surface area (Å²) in [5, 5.41) is 12.6. The van der Waals surface area contributed by atoms with Gasteiger partial charge >= 0.3 is 0 Å². The largest absolute Gasteiger partial charge is 0.394 e. The van der Waals surface area contributed by atoms with Crippen LogP contribution in [0, 0.1) is 0 Å². The van der Waals surface area contributed by atoms with Crippen molar-refractivity contribution < 1.29 is 9.84 Å². The smallest absolute Gasteiger partial charge is 0.202 e. The summed E-state index contributed by atoms with van der Waals surface area (Å²) in [7, 11) is 0. The molecule has 1 aromatic heterocycles. The standard InChI is InChI=1S/C10H19N3O2S/c1-2-4-9-12-10(16-13-9)11-5-3-7-15-8-6-14/h14H,2-8H2,1H3,(H,11,12,13). The van der Waals surface area contributed by atoms with Crippen molar-refractivity contribution in [2.75, 3.05) is 31.7 Å². The number of ether oxygens (including phenoxy) is 1. The first kappa shape index (κ1) is 13.3. The molecule has 0 radical (unpaired) electrons. The molecule has 1 heterocycles. The van der Waals surface area contributed by atoms with Crippen LogP contribution in [-0.4, -0.2) is 40.8 Å². The van der Waals surface area contributed by atoms with Gasteiger partial charge in [0.1, 0.15) is 5.82 Å². The molecule has 0 saturated heterocycles. The molecule has 16 heavy (non-hydrogen) atoms. The number of hydrogen-bond donors (Lipinski definition) is 2. The van der Waals surface area contributed by atoms with Crippen LogP contribution in [0.15, 0.2) is 0 Å². The molecule has 0 spiro atoms. The van der Waals surface area contributed by atoms with Crippen molar-refractivity contribution in [2.45, 2.75) is 26.2 Å². The van der Waals surface area contributed by atoms with E-state index in [-0.39, 0.29) is 6.61 Å². The molecule has 0 aliphatic carbocycles. The number of aliphatic hydroxyl groups is 1. The Bertz CT molecular complexity index is 281. The third kappa shape index (κ3) is 5.39. The van der Waals surface area contributed by atoms with Gasteiger partial charge in [-0.3, -0.25) is 0 Å². The van der Waals surface area contributed by atoms with Gasteiger partial charge in [-0.1, -0.05) is 6.92 Å². The van der Waals surface area contributed by atoms with E-state index in [1.54, 1.807) is 0 Å². The maximum absolute atomic E-state index is 8.50. The van der Waals surface area contributed by atoms with Gasteiger partial charge in [-0.2, -0.15) is 4.37 Å². The lowest BCUT2D eigenvalue weighted by atomic mass is 10.3. The van der Waals surface area contributed by atoms with Crippen LogP contribution in [0.5, 0.6) is 0 Å². The third-order valence-electron chi connectivity index (χ3n) is 1.92. The lowest BCUT2D eigenvalue weighted by molar-refractivity contribution is 0.0922. The summed E-state index contributed by atoms with van der Waals surface area (Å²) in [6.45, 7) is 4.11. The Labute approximate surface area is 100 Å². The zero-order valence-electron chi connectivity index (χ0n) is 9.61. The zero-order valence-corrected chi connectivity index (χ0v) is 10.4. The summed E-state index contributed by atoms with van der Waals surface area (Å²) >= 11 is 1.40. The van der Waals surface area contributed by atoms with Crippen LogP contribution in [0.3, 0.4) is 0 Å². The van der Waals surface area contributed by atoms with Crippen molar-refractivity contribution in [3.05, 3.63) is 5.82 Å². The maximum Gasteiger partial charge on any atom is 0.202 e. The molecule has 5 nitrogen and oxygen atoms in total. The fourth-order valence-corrected chi connectivity index (χ4v) is 1.82. The lowest BCUT2D eigenvalue weighted by Crippen LogP contribution is -2.07. The van der Waals surface area contributed by atoms with Crippen molar-refractivity contribution in [1.82, 2.24) is 9.36 Å². The van der Waals surface area contributed by atoms with Gasteiger partial charge < -0.3 is 15.2 Å². The molecule has 0 saturated carbocycles. The normalized spacial score (nSPS) is 10.6. The van der Waals surface area contributed by atoms with Crippen molar-refractivity contribution in [1.29, 1.82) is 0 Å². The van der Waals surface area contributed by atoms with Gasteiger partial charge in [-0.05, 0) is 12.8 Å². The monoisotopic (exact) mass is 245 g/mol. The lowest BCUT2D eigenvalue weighted by Gasteiger charge is -2.02. The number of nitrogens with zero attached hydrogens (tertiary/aromatic N) is 2. The summed E-state index contributed by atoms with van der Waals surface area (Å²) in [5.41, 5.74) is 0. The fourth-order valence-electron chi connectivity index (χ4n) is 1.19. The quantitative estimate of drug-likeness (QED) is 0.642. The highest BCUT2D eigenvalue weighted by Gasteiger charge is 2.01. The zero-order chi connectivity index (χ0) is 11.6. The second kappa shape index (κ2) is 8.43. The molecule has 2 N–H and O–H groups in total. The Morgan fingerprint density at radius 2 is 2.31 bits per heavy atom. The number of aromatic nitrogens is 2.